The van der Waals surface area contributed by atoms with Gasteiger partial charge < -0.3 is 10.4 Å². The predicted molar refractivity (Wildman–Crippen MR) is 75.7 cm³/mol. The minimum atomic E-state index is -0.862. The molecule has 1 aliphatic carbocycles. The molecular formula is C16H16N2O2. The first-order valence-corrected chi connectivity index (χ1v) is 6.70. The number of carboxylic acids is 1. The molecule has 1 atom stereocenters. The molecular weight excluding hydrogens is 252 g/mol. The zero-order valence-corrected chi connectivity index (χ0v) is 11.0. The van der Waals surface area contributed by atoms with E-state index >= 15 is 0 Å². The van der Waals surface area contributed by atoms with E-state index in [0.717, 1.165) is 30.5 Å². The van der Waals surface area contributed by atoms with Gasteiger partial charge in [0.15, 0.2) is 0 Å². The van der Waals surface area contributed by atoms with Gasteiger partial charge in [-0.25, -0.2) is 4.79 Å². The van der Waals surface area contributed by atoms with Gasteiger partial charge in [0.1, 0.15) is 0 Å². The van der Waals surface area contributed by atoms with Crippen molar-refractivity contribution in [2.24, 2.45) is 0 Å². The molecule has 0 fully saturated rings. The Hall–Kier alpha value is -2.20. The summed E-state index contributed by atoms with van der Waals surface area (Å²) in [5.41, 5.74) is 3.93. The fraction of sp³-hybridized carbons (Fsp3) is 0.250. The van der Waals surface area contributed by atoms with Crippen molar-refractivity contribution in [3.63, 3.8) is 0 Å². The molecule has 0 amide bonds. The number of hydrogen-bond acceptors (Lipinski definition) is 3. The number of nitrogens with zero attached hydrogens (tertiary/aromatic N) is 1. The molecule has 0 radical (unpaired) electrons. The summed E-state index contributed by atoms with van der Waals surface area (Å²) < 4.78 is 0. The topological polar surface area (TPSA) is 62.2 Å². The summed E-state index contributed by atoms with van der Waals surface area (Å²) >= 11 is 0. The molecule has 4 heteroatoms. The van der Waals surface area contributed by atoms with Crippen molar-refractivity contribution in [1.82, 2.24) is 10.3 Å². The van der Waals surface area contributed by atoms with Crippen LogP contribution in [0.4, 0.5) is 0 Å². The Morgan fingerprint density at radius 3 is 2.90 bits per heavy atom. The van der Waals surface area contributed by atoms with E-state index in [1.807, 2.05) is 24.4 Å². The quantitative estimate of drug-likeness (QED) is 0.890. The molecule has 4 nitrogen and oxygen atoms in total. The van der Waals surface area contributed by atoms with Gasteiger partial charge in [0.05, 0.1) is 5.56 Å². The first kappa shape index (κ1) is 12.8. The highest BCUT2D eigenvalue weighted by Gasteiger charge is 2.21. The van der Waals surface area contributed by atoms with Gasteiger partial charge in [-0.15, -0.1) is 0 Å². The lowest BCUT2D eigenvalue weighted by atomic mass is 10.1. The van der Waals surface area contributed by atoms with Crippen molar-refractivity contribution >= 4 is 5.97 Å². The Morgan fingerprint density at radius 2 is 2.15 bits per heavy atom. The number of hydrogen-bond donors (Lipinski definition) is 2. The van der Waals surface area contributed by atoms with Crippen molar-refractivity contribution in [2.45, 2.75) is 25.4 Å². The number of fused-ring (bicyclic) bond motifs is 1. The normalized spacial score (nSPS) is 16.9. The minimum Gasteiger partial charge on any atom is -0.478 e. The van der Waals surface area contributed by atoms with E-state index in [9.17, 15) is 4.79 Å². The van der Waals surface area contributed by atoms with E-state index in [0.29, 0.717) is 11.6 Å². The second-order valence-corrected chi connectivity index (χ2v) is 5.14. The Morgan fingerprint density at radius 1 is 1.30 bits per heavy atom. The second kappa shape index (κ2) is 5.43. The molecule has 0 aliphatic heterocycles. The standard InChI is InChI=1S/C16H16N2O2/c19-16(20)13-4-3-12-7-15(8-14(12)6-13)18-10-11-2-1-5-17-9-11/h1-6,9,15,18H,7-8,10H2,(H,19,20). The lowest BCUT2D eigenvalue weighted by molar-refractivity contribution is 0.0697. The molecule has 0 saturated heterocycles. The maximum atomic E-state index is 11.0. The third kappa shape index (κ3) is 2.70. The highest BCUT2D eigenvalue weighted by molar-refractivity contribution is 5.88. The summed E-state index contributed by atoms with van der Waals surface area (Å²) in [6, 6.07) is 9.76. The smallest absolute Gasteiger partial charge is 0.335 e. The van der Waals surface area contributed by atoms with E-state index in [1.54, 1.807) is 18.3 Å². The van der Waals surface area contributed by atoms with Crippen LogP contribution >= 0.6 is 0 Å². The average molecular weight is 268 g/mol. The first-order chi connectivity index (χ1) is 9.72. The highest BCUT2D eigenvalue weighted by Crippen LogP contribution is 2.23. The number of rotatable bonds is 4. The van der Waals surface area contributed by atoms with Crippen molar-refractivity contribution in [3.05, 3.63) is 65.0 Å². The molecule has 1 aromatic carbocycles. The molecule has 2 aromatic rings. The van der Waals surface area contributed by atoms with Gasteiger partial charge in [-0.2, -0.15) is 0 Å². The summed E-state index contributed by atoms with van der Waals surface area (Å²) in [6.07, 6.45) is 5.46. The van der Waals surface area contributed by atoms with Crippen LogP contribution in [0.1, 0.15) is 27.0 Å². The van der Waals surface area contributed by atoms with Crippen molar-refractivity contribution < 1.29 is 9.90 Å². The fourth-order valence-corrected chi connectivity index (χ4v) is 2.66. The molecule has 0 bridgehead atoms. The summed E-state index contributed by atoms with van der Waals surface area (Å²) in [6.45, 7) is 0.790. The van der Waals surface area contributed by atoms with Gasteiger partial charge >= 0.3 is 5.97 Å². The largest absolute Gasteiger partial charge is 0.478 e. The van der Waals surface area contributed by atoms with Gasteiger partial charge in [0.25, 0.3) is 0 Å². The van der Waals surface area contributed by atoms with E-state index in [-0.39, 0.29) is 0 Å². The number of aromatic carboxylic acids is 1. The molecule has 102 valence electrons. The zero-order chi connectivity index (χ0) is 13.9. The second-order valence-electron chi connectivity index (χ2n) is 5.14. The monoisotopic (exact) mass is 268 g/mol. The Balaban J connectivity index is 1.64. The Bertz CT molecular complexity index is 626. The molecule has 0 spiro atoms. The molecule has 0 saturated carbocycles. The maximum absolute atomic E-state index is 11.0. The van der Waals surface area contributed by atoms with E-state index < -0.39 is 5.97 Å². The molecule has 1 unspecified atom stereocenters. The van der Waals surface area contributed by atoms with E-state index in [2.05, 4.69) is 10.3 Å². The van der Waals surface area contributed by atoms with Gasteiger partial charge in [-0.1, -0.05) is 12.1 Å². The maximum Gasteiger partial charge on any atom is 0.335 e. The van der Waals surface area contributed by atoms with Crippen LogP contribution in [0, 0.1) is 0 Å². The van der Waals surface area contributed by atoms with Crippen LogP contribution in [0.15, 0.2) is 42.7 Å². The number of nitrogens with one attached hydrogen (secondary N) is 1. The third-order valence-corrected chi connectivity index (χ3v) is 3.70. The van der Waals surface area contributed by atoms with Crippen LogP contribution in [0.25, 0.3) is 0 Å². The molecule has 1 aromatic heterocycles. The van der Waals surface area contributed by atoms with Gasteiger partial charge in [-0.05, 0) is 47.7 Å². The molecule has 20 heavy (non-hydrogen) atoms. The number of pyridine rings is 1. The van der Waals surface area contributed by atoms with Gasteiger partial charge in [0, 0.05) is 25.0 Å². The molecule has 2 N–H and O–H groups in total. The highest BCUT2D eigenvalue weighted by atomic mass is 16.4. The van der Waals surface area contributed by atoms with Crippen molar-refractivity contribution in [3.8, 4) is 0 Å². The summed E-state index contributed by atoms with van der Waals surface area (Å²) in [5.74, 6) is -0.862. The van der Waals surface area contributed by atoms with Crippen LogP contribution in [0.3, 0.4) is 0 Å². The van der Waals surface area contributed by atoms with Gasteiger partial charge in [0.2, 0.25) is 0 Å². The lowest BCUT2D eigenvalue weighted by Gasteiger charge is -2.11. The van der Waals surface area contributed by atoms with Crippen molar-refractivity contribution in [2.75, 3.05) is 0 Å². The third-order valence-electron chi connectivity index (χ3n) is 3.70. The summed E-state index contributed by atoms with van der Waals surface area (Å²) in [5, 5.41) is 12.5. The number of aromatic nitrogens is 1. The van der Waals surface area contributed by atoms with E-state index in [1.165, 1.54) is 5.56 Å². The van der Waals surface area contributed by atoms with Crippen LogP contribution in [-0.4, -0.2) is 22.1 Å². The lowest BCUT2D eigenvalue weighted by Crippen LogP contribution is -2.28. The van der Waals surface area contributed by atoms with Crippen LogP contribution < -0.4 is 5.32 Å². The van der Waals surface area contributed by atoms with Crippen LogP contribution in [0.5, 0.6) is 0 Å². The number of carbonyl (C=O) groups is 1. The Kier molecular flexibility index (Phi) is 3.48. The van der Waals surface area contributed by atoms with Crippen LogP contribution in [-0.2, 0) is 19.4 Å². The molecule has 1 aliphatic rings. The first-order valence-electron chi connectivity index (χ1n) is 6.70. The fourth-order valence-electron chi connectivity index (χ4n) is 2.66. The minimum absolute atomic E-state index is 0.370. The SMILES string of the molecule is O=C(O)c1ccc2c(c1)CC(NCc1cccnc1)C2. The molecule has 3 rings (SSSR count). The zero-order valence-electron chi connectivity index (χ0n) is 11.0. The van der Waals surface area contributed by atoms with Crippen molar-refractivity contribution in [1.29, 1.82) is 0 Å². The van der Waals surface area contributed by atoms with Crippen LogP contribution in [0.2, 0.25) is 0 Å². The number of benzene rings is 1. The summed E-state index contributed by atoms with van der Waals surface area (Å²) in [4.78, 5) is 15.1. The molecule has 1 heterocycles. The number of carboxylic acid groups (broad SMARTS) is 1. The summed E-state index contributed by atoms with van der Waals surface area (Å²) in [7, 11) is 0. The van der Waals surface area contributed by atoms with E-state index in [4.69, 9.17) is 5.11 Å². The van der Waals surface area contributed by atoms with Gasteiger partial charge in [-0.3, -0.25) is 4.98 Å². The Labute approximate surface area is 117 Å². The predicted octanol–water partition coefficient (Wildman–Crippen LogP) is 2.04. The average Bonchev–Trinajstić information content (AvgIpc) is 2.88.